The Morgan fingerprint density at radius 1 is 0.818 bits per heavy atom. The van der Waals surface area contributed by atoms with Gasteiger partial charge in [0, 0.05) is 29.9 Å². The number of rotatable bonds is 4. The Morgan fingerprint density at radius 2 is 1.45 bits per heavy atom. The molecule has 0 saturated heterocycles. The first-order valence-electron chi connectivity index (χ1n) is 7.31. The van der Waals surface area contributed by atoms with E-state index in [4.69, 9.17) is 5.10 Å². The van der Waals surface area contributed by atoms with Gasteiger partial charge in [-0.3, -0.25) is 9.67 Å². The van der Waals surface area contributed by atoms with Crippen molar-refractivity contribution in [2.75, 3.05) is 0 Å². The molecule has 0 atom stereocenters. The molecule has 2 aliphatic rings. The van der Waals surface area contributed by atoms with Crippen molar-refractivity contribution in [3.05, 3.63) is 111 Å². The summed E-state index contributed by atoms with van der Waals surface area (Å²) in [5, 5.41) is 4.80. The van der Waals surface area contributed by atoms with Crippen LogP contribution >= 0.6 is 0 Å². The molecule has 0 aromatic carbocycles. The molecule has 2 heterocycles. The number of pyridine rings is 1. The fourth-order valence-corrected chi connectivity index (χ4v) is 2.66. The topological polar surface area (TPSA) is 30.7 Å². The van der Waals surface area contributed by atoms with Crippen LogP contribution in [0.5, 0.6) is 0 Å². The Labute approximate surface area is 132 Å². The predicted octanol–water partition coefficient (Wildman–Crippen LogP) is 2.83. The van der Waals surface area contributed by atoms with Gasteiger partial charge in [-0.15, -0.1) is 0 Å². The smallest absolute Gasteiger partial charge is 0.0705 e. The summed E-state index contributed by atoms with van der Waals surface area (Å²) < 4.78 is 2.06. The Balaban J connectivity index is 1.64. The molecule has 0 amide bonds. The van der Waals surface area contributed by atoms with Crippen LogP contribution in [-0.2, 0) is 6.54 Å². The second-order valence-corrected chi connectivity index (χ2v) is 5.28. The third-order valence-corrected chi connectivity index (χ3v) is 3.78. The van der Waals surface area contributed by atoms with Crippen molar-refractivity contribution >= 4 is 0 Å². The number of nitrogens with zero attached hydrogens (tertiary/aromatic N) is 3. The van der Waals surface area contributed by atoms with E-state index in [0.29, 0.717) is 0 Å². The first-order valence-corrected chi connectivity index (χ1v) is 7.31. The Bertz CT molecular complexity index is 605. The lowest BCUT2D eigenvalue weighted by Gasteiger charge is -2.11. The van der Waals surface area contributed by atoms with Crippen molar-refractivity contribution in [2.45, 2.75) is 6.54 Å². The third-order valence-electron chi connectivity index (χ3n) is 3.78. The summed E-state index contributed by atoms with van der Waals surface area (Å²) in [6, 6.07) is 6.21. The highest BCUT2D eigenvalue weighted by molar-refractivity contribution is 5.52. The lowest BCUT2D eigenvalue weighted by Crippen LogP contribution is -2.10. The van der Waals surface area contributed by atoms with Crippen LogP contribution in [0.3, 0.4) is 0 Å². The van der Waals surface area contributed by atoms with E-state index in [1.165, 1.54) is 11.5 Å². The maximum atomic E-state index is 4.80. The molecule has 22 heavy (non-hydrogen) atoms. The van der Waals surface area contributed by atoms with Gasteiger partial charge in [0.05, 0.1) is 12.2 Å². The summed E-state index contributed by atoms with van der Waals surface area (Å²) in [5.41, 5.74) is 3.34. The Kier molecular flexibility index (Phi) is 3.96. The summed E-state index contributed by atoms with van der Waals surface area (Å²) in [6.45, 7) is 0.740. The average Bonchev–Trinajstić information content (AvgIpc) is 3.29. The number of hydrogen-bond donors (Lipinski definition) is 0. The molecule has 0 aliphatic heterocycles. The standard InChI is InChI=1S/C19H15N3/c1-2-6-16(5-1)18-13-19(17-7-3-4-8-17)22(21-18)14-15-9-11-20-12-10-15/h1-13H,14H2. The quantitative estimate of drug-likeness (QED) is 0.865. The zero-order valence-electron chi connectivity index (χ0n) is 12.1. The minimum Gasteiger partial charge on any atom is -0.265 e. The van der Waals surface area contributed by atoms with Crippen LogP contribution in [0.2, 0.25) is 0 Å². The maximum absolute atomic E-state index is 4.80. The van der Waals surface area contributed by atoms with Crippen molar-refractivity contribution in [3.63, 3.8) is 0 Å². The molecule has 10 radical (unpaired) electrons. The van der Waals surface area contributed by atoms with Crippen LogP contribution in [0.1, 0.15) is 17.0 Å². The van der Waals surface area contributed by atoms with Crippen LogP contribution in [0.4, 0.5) is 0 Å². The van der Waals surface area contributed by atoms with Gasteiger partial charge in [0.1, 0.15) is 0 Å². The van der Waals surface area contributed by atoms with Gasteiger partial charge < -0.3 is 0 Å². The third kappa shape index (κ3) is 2.81. The zero-order chi connectivity index (χ0) is 14.8. The van der Waals surface area contributed by atoms with Gasteiger partial charge in [0.25, 0.3) is 0 Å². The van der Waals surface area contributed by atoms with Crippen LogP contribution in [0.25, 0.3) is 0 Å². The molecule has 2 aromatic heterocycles. The van der Waals surface area contributed by atoms with E-state index < -0.39 is 0 Å². The largest absolute Gasteiger partial charge is 0.265 e. The minimum atomic E-state index is 0.740. The highest BCUT2D eigenvalue weighted by Crippen LogP contribution is 2.35. The molecule has 2 fully saturated rings. The highest BCUT2D eigenvalue weighted by atomic mass is 15.3. The summed E-state index contributed by atoms with van der Waals surface area (Å²) in [4.78, 5) is 4.08. The highest BCUT2D eigenvalue weighted by Gasteiger charge is 2.27. The van der Waals surface area contributed by atoms with Gasteiger partial charge in [-0.1, -0.05) is 0 Å². The normalized spacial score (nSPS) is 20.0. The first-order chi connectivity index (χ1) is 10.9. The summed E-state index contributed by atoms with van der Waals surface area (Å²) in [6.07, 6.45) is 20.3. The van der Waals surface area contributed by atoms with Gasteiger partial charge >= 0.3 is 0 Å². The lowest BCUT2D eigenvalue weighted by molar-refractivity contribution is 0.656. The monoisotopic (exact) mass is 285 g/mol. The molecule has 3 heteroatoms. The predicted molar refractivity (Wildman–Crippen MR) is 84.7 cm³/mol. The fraction of sp³-hybridized carbons (Fsp3) is 0.0526. The molecular formula is C19H15N3. The molecule has 2 aliphatic carbocycles. The minimum absolute atomic E-state index is 0.740. The van der Waals surface area contributed by atoms with E-state index in [1.807, 2.05) is 37.4 Å². The number of hydrogen-bond acceptors (Lipinski definition) is 2. The summed E-state index contributed by atoms with van der Waals surface area (Å²) in [7, 11) is 0. The average molecular weight is 285 g/mol. The lowest BCUT2D eigenvalue weighted by atomic mass is 9.99. The molecule has 0 N–H and O–H groups in total. The van der Waals surface area contributed by atoms with E-state index in [-0.39, 0.29) is 0 Å². The van der Waals surface area contributed by atoms with Gasteiger partial charge in [0.15, 0.2) is 0 Å². The van der Waals surface area contributed by atoms with E-state index >= 15 is 0 Å². The molecule has 0 spiro atoms. The van der Waals surface area contributed by atoms with E-state index in [0.717, 1.165) is 23.9 Å². The van der Waals surface area contributed by atoms with Gasteiger partial charge in [-0.2, -0.15) is 5.10 Å². The van der Waals surface area contributed by atoms with Crippen LogP contribution in [-0.4, -0.2) is 14.8 Å². The molecule has 2 saturated carbocycles. The van der Waals surface area contributed by atoms with Crippen LogP contribution < -0.4 is 0 Å². The fourth-order valence-electron chi connectivity index (χ4n) is 2.66. The van der Waals surface area contributed by atoms with E-state index in [2.05, 4.69) is 54.3 Å². The molecule has 0 unspecified atom stereocenters. The number of aromatic nitrogens is 3. The van der Waals surface area contributed by atoms with E-state index in [1.54, 1.807) is 0 Å². The van der Waals surface area contributed by atoms with Gasteiger partial charge in [0.2, 0.25) is 0 Å². The molecule has 2 aromatic rings. The second-order valence-electron chi connectivity index (χ2n) is 5.28. The van der Waals surface area contributed by atoms with Crippen molar-refractivity contribution in [1.29, 1.82) is 0 Å². The van der Waals surface area contributed by atoms with Crippen molar-refractivity contribution in [1.82, 2.24) is 14.8 Å². The SMILES string of the molecule is [CH]1[CH][CH][C](c2cc([C]3[CH][CH][CH][CH]3)n(Cc3ccncc3)n2)[CH]1. The molecule has 4 rings (SSSR count). The van der Waals surface area contributed by atoms with E-state index in [9.17, 15) is 0 Å². The molecular weight excluding hydrogens is 270 g/mol. The second kappa shape index (κ2) is 6.23. The van der Waals surface area contributed by atoms with Crippen LogP contribution in [0.15, 0.2) is 30.6 Å². The Hall–Kier alpha value is -1.64. The summed E-state index contributed by atoms with van der Waals surface area (Å²) in [5.74, 6) is 2.35. The first kappa shape index (κ1) is 14.0. The maximum Gasteiger partial charge on any atom is 0.0705 e. The molecule has 3 nitrogen and oxygen atoms in total. The van der Waals surface area contributed by atoms with Gasteiger partial charge in [-0.05, 0) is 75.1 Å². The summed E-state index contributed by atoms with van der Waals surface area (Å²) >= 11 is 0. The molecule has 106 valence electrons. The molecule has 0 bridgehead atoms. The van der Waals surface area contributed by atoms with Gasteiger partial charge in [-0.25, -0.2) is 0 Å². The zero-order valence-corrected chi connectivity index (χ0v) is 12.1. The van der Waals surface area contributed by atoms with Crippen molar-refractivity contribution in [3.8, 4) is 0 Å². The van der Waals surface area contributed by atoms with Crippen molar-refractivity contribution < 1.29 is 0 Å². The Morgan fingerprint density at radius 3 is 2.14 bits per heavy atom. The van der Waals surface area contributed by atoms with Crippen molar-refractivity contribution in [2.24, 2.45) is 0 Å². The van der Waals surface area contributed by atoms with Crippen LogP contribution in [0, 0.1) is 63.2 Å².